The molecule has 0 saturated heterocycles. The van der Waals surface area contributed by atoms with Gasteiger partial charge in [-0.3, -0.25) is 0 Å². The minimum Gasteiger partial charge on any atom is -0.504 e. The highest BCUT2D eigenvalue weighted by Crippen LogP contribution is 2.30. The molecule has 0 spiro atoms. The van der Waals surface area contributed by atoms with E-state index < -0.39 is 6.16 Å². The fourth-order valence-corrected chi connectivity index (χ4v) is 1.29. The molecule has 0 aliphatic carbocycles. The number of phenolic OH excluding ortho intramolecular Hbond substituents is 1. The molecule has 0 aliphatic heterocycles. The summed E-state index contributed by atoms with van der Waals surface area (Å²) in [5.74, 6) is -0.263. The van der Waals surface area contributed by atoms with E-state index in [1.54, 1.807) is 12.1 Å². The maximum Gasteiger partial charge on any atom is 0.511 e. The van der Waals surface area contributed by atoms with Crippen LogP contribution in [0.15, 0.2) is 18.2 Å². The molecule has 0 aromatic heterocycles. The van der Waals surface area contributed by atoms with Crippen LogP contribution in [0.25, 0.3) is 0 Å². The van der Waals surface area contributed by atoms with E-state index in [2.05, 4.69) is 11.7 Å². The van der Waals surface area contributed by atoms with Gasteiger partial charge in [-0.1, -0.05) is 25.5 Å². The van der Waals surface area contributed by atoms with Gasteiger partial charge in [0.2, 0.25) is 0 Å². The maximum absolute atomic E-state index is 10.4. The van der Waals surface area contributed by atoms with Crippen molar-refractivity contribution in [1.29, 1.82) is 0 Å². The summed E-state index contributed by atoms with van der Waals surface area (Å²) in [6.45, 7) is 2.91. The van der Waals surface area contributed by atoms with Crippen LogP contribution in [0.2, 0.25) is 0 Å². The number of ether oxygens (including phenoxy) is 2. The number of hydrogen-bond acceptors (Lipinski definition) is 4. The molecule has 0 radical (unpaired) electrons. The summed E-state index contributed by atoms with van der Waals surface area (Å²) >= 11 is 0. The Kier molecular flexibility index (Phi) is 5.29. The molecule has 0 bridgehead atoms. The van der Waals surface area contributed by atoms with Gasteiger partial charge in [-0.2, -0.15) is 0 Å². The Morgan fingerprint density at radius 2 is 2.18 bits per heavy atom. The van der Waals surface area contributed by atoms with Crippen LogP contribution in [-0.2, 0) is 11.3 Å². The van der Waals surface area contributed by atoms with Crippen molar-refractivity contribution in [3.05, 3.63) is 23.8 Å². The molecule has 2 N–H and O–H groups in total. The van der Waals surface area contributed by atoms with E-state index in [9.17, 15) is 9.90 Å². The van der Waals surface area contributed by atoms with Gasteiger partial charge in [0.15, 0.2) is 11.5 Å². The second-order valence-electron chi connectivity index (χ2n) is 3.54. The van der Waals surface area contributed by atoms with Gasteiger partial charge in [0.1, 0.15) is 0 Å². The lowest BCUT2D eigenvalue weighted by molar-refractivity contribution is 0.115. The van der Waals surface area contributed by atoms with E-state index in [0.717, 1.165) is 12.8 Å². The van der Waals surface area contributed by atoms with Crippen LogP contribution in [-0.4, -0.2) is 23.0 Å². The van der Waals surface area contributed by atoms with Crippen molar-refractivity contribution in [1.82, 2.24) is 0 Å². The average molecular weight is 240 g/mol. The summed E-state index contributed by atoms with van der Waals surface area (Å²) in [7, 11) is 0. The molecule has 0 fully saturated rings. The number of carbonyl (C=O) groups is 1. The lowest BCUT2D eigenvalue weighted by Crippen LogP contribution is -2.04. The van der Waals surface area contributed by atoms with Crippen LogP contribution in [0.1, 0.15) is 25.3 Å². The normalized spacial score (nSPS) is 10.2. The largest absolute Gasteiger partial charge is 0.511 e. The van der Waals surface area contributed by atoms with Crippen molar-refractivity contribution in [2.75, 3.05) is 6.61 Å². The van der Waals surface area contributed by atoms with Gasteiger partial charge < -0.3 is 19.7 Å². The number of phenols is 1. The number of rotatable bonds is 6. The van der Waals surface area contributed by atoms with Crippen LogP contribution in [0, 0.1) is 0 Å². The summed E-state index contributed by atoms with van der Waals surface area (Å²) in [4.78, 5) is 10.4. The molecule has 0 amide bonds. The summed E-state index contributed by atoms with van der Waals surface area (Å²) in [6, 6.07) is 4.66. The molecule has 17 heavy (non-hydrogen) atoms. The van der Waals surface area contributed by atoms with Crippen LogP contribution in [0.4, 0.5) is 4.79 Å². The number of aromatic hydroxyl groups is 1. The molecule has 1 aromatic carbocycles. The predicted octanol–water partition coefficient (Wildman–Crippen LogP) is 2.77. The van der Waals surface area contributed by atoms with Gasteiger partial charge in [-0.05, 0) is 12.5 Å². The van der Waals surface area contributed by atoms with Gasteiger partial charge in [0, 0.05) is 12.2 Å². The topological polar surface area (TPSA) is 76.0 Å². The molecule has 0 atom stereocenters. The first kappa shape index (κ1) is 13.3. The summed E-state index contributed by atoms with van der Waals surface area (Å²) < 4.78 is 9.76. The van der Waals surface area contributed by atoms with Crippen LogP contribution in [0.5, 0.6) is 11.5 Å². The van der Waals surface area contributed by atoms with E-state index in [0.29, 0.717) is 12.2 Å². The molecule has 1 rings (SSSR count). The van der Waals surface area contributed by atoms with Crippen molar-refractivity contribution >= 4 is 6.16 Å². The lowest BCUT2D eigenvalue weighted by atomic mass is 10.2. The molecule has 94 valence electrons. The number of unbranched alkanes of at least 4 members (excludes halogenated alkanes) is 1. The highest BCUT2D eigenvalue weighted by atomic mass is 16.7. The third kappa shape index (κ3) is 4.32. The second-order valence-corrected chi connectivity index (χ2v) is 3.54. The van der Waals surface area contributed by atoms with E-state index in [1.165, 1.54) is 6.07 Å². The number of para-hydroxylation sites is 1. The number of carboxylic acid groups (broad SMARTS) is 1. The zero-order chi connectivity index (χ0) is 12.7. The molecule has 0 heterocycles. The van der Waals surface area contributed by atoms with Gasteiger partial charge in [-0.15, -0.1) is 0 Å². The standard InChI is InChI=1S/C12H16O5/c1-2-3-7-16-8-9-5-4-6-10(11(9)13)17-12(14)15/h4-6,13H,2-3,7-8H2,1H3,(H,14,15). The van der Waals surface area contributed by atoms with E-state index in [4.69, 9.17) is 9.84 Å². The van der Waals surface area contributed by atoms with Crippen molar-refractivity contribution in [3.8, 4) is 11.5 Å². The molecule has 0 aliphatic rings. The number of benzene rings is 1. The zero-order valence-electron chi connectivity index (χ0n) is 9.68. The van der Waals surface area contributed by atoms with E-state index >= 15 is 0 Å². The van der Waals surface area contributed by atoms with Crippen molar-refractivity contribution in [2.24, 2.45) is 0 Å². The van der Waals surface area contributed by atoms with E-state index in [1.807, 2.05) is 0 Å². The Morgan fingerprint density at radius 1 is 1.41 bits per heavy atom. The van der Waals surface area contributed by atoms with Gasteiger partial charge in [-0.25, -0.2) is 4.79 Å². The quantitative estimate of drug-likeness (QED) is 0.454. The van der Waals surface area contributed by atoms with E-state index in [-0.39, 0.29) is 18.1 Å². The van der Waals surface area contributed by atoms with Crippen LogP contribution in [0.3, 0.4) is 0 Å². The Hall–Kier alpha value is -1.75. The van der Waals surface area contributed by atoms with Gasteiger partial charge in [0.05, 0.1) is 6.61 Å². The predicted molar refractivity (Wildman–Crippen MR) is 61.3 cm³/mol. The third-order valence-electron chi connectivity index (χ3n) is 2.18. The highest BCUT2D eigenvalue weighted by Gasteiger charge is 2.10. The third-order valence-corrected chi connectivity index (χ3v) is 2.18. The first-order valence-corrected chi connectivity index (χ1v) is 5.44. The number of hydrogen-bond donors (Lipinski definition) is 2. The van der Waals surface area contributed by atoms with Crippen LogP contribution < -0.4 is 4.74 Å². The smallest absolute Gasteiger partial charge is 0.504 e. The fourth-order valence-electron chi connectivity index (χ4n) is 1.29. The molecular formula is C12H16O5. The molecule has 0 unspecified atom stereocenters. The summed E-state index contributed by atoms with van der Waals surface area (Å²) in [5.41, 5.74) is 0.514. The fraction of sp³-hybridized carbons (Fsp3) is 0.417. The van der Waals surface area contributed by atoms with Gasteiger partial charge >= 0.3 is 6.16 Å². The van der Waals surface area contributed by atoms with Gasteiger partial charge in [0.25, 0.3) is 0 Å². The molecule has 5 heteroatoms. The summed E-state index contributed by atoms with van der Waals surface area (Å²) in [5, 5.41) is 18.2. The summed E-state index contributed by atoms with van der Waals surface area (Å²) in [6.07, 6.45) is 0.532. The van der Waals surface area contributed by atoms with Crippen molar-refractivity contribution < 1.29 is 24.5 Å². The first-order valence-electron chi connectivity index (χ1n) is 5.44. The van der Waals surface area contributed by atoms with Crippen molar-refractivity contribution in [3.63, 3.8) is 0 Å². The monoisotopic (exact) mass is 240 g/mol. The molecule has 0 saturated carbocycles. The van der Waals surface area contributed by atoms with Crippen LogP contribution >= 0.6 is 0 Å². The molecule has 1 aromatic rings. The minimum atomic E-state index is -1.45. The maximum atomic E-state index is 10.4. The Morgan fingerprint density at radius 3 is 2.82 bits per heavy atom. The molecular weight excluding hydrogens is 224 g/mol. The minimum absolute atomic E-state index is 0.0749. The SMILES string of the molecule is CCCCOCc1cccc(OC(=O)O)c1O. The zero-order valence-corrected chi connectivity index (χ0v) is 9.68. The first-order chi connectivity index (χ1) is 8.15. The lowest BCUT2D eigenvalue weighted by Gasteiger charge is -2.08. The molecule has 5 nitrogen and oxygen atoms in total. The Labute approximate surface area is 99.6 Å². The Balaban J connectivity index is 2.63. The average Bonchev–Trinajstić information content (AvgIpc) is 2.28. The highest BCUT2D eigenvalue weighted by molar-refractivity contribution is 5.63. The second kappa shape index (κ2) is 6.75. The Bertz CT molecular complexity index is 375. The van der Waals surface area contributed by atoms with Crippen molar-refractivity contribution in [2.45, 2.75) is 26.4 Å².